The largest absolute Gasteiger partial charge is 0.299 e. The lowest BCUT2D eigenvalue weighted by atomic mass is 9.64. The van der Waals surface area contributed by atoms with Crippen LogP contribution in [0.15, 0.2) is 0 Å². The zero-order valence-electron chi connectivity index (χ0n) is 11.0. The van der Waals surface area contributed by atoms with E-state index in [9.17, 15) is 4.79 Å². The topological polar surface area (TPSA) is 17.1 Å². The van der Waals surface area contributed by atoms with Gasteiger partial charge in [0, 0.05) is 11.8 Å². The first-order valence-electron chi connectivity index (χ1n) is 6.37. The van der Waals surface area contributed by atoms with Gasteiger partial charge in [-0.3, -0.25) is 4.79 Å². The van der Waals surface area contributed by atoms with Crippen LogP contribution in [-0.4, -0.2) is 5.78 Å². The van der Waals surface area contributed by atoms with E-state index in [0.29, 0.717) is 17.6 Å². The third-order valence-corrected chi connectivity index (χ3v) is 3.81. The van der Waals surface area contributed by atoms with E-state index in [0.717, 1.165) is 6.42 Å². The minimum Gasteiger partial charge on any atom is -0.299 e. The zero-order chi connectivity index (χ0) is 11.6. The van der Waals surface area contributed by atoms with E-state index in [1.54, 1.807) is 0 Å². The quantitative estimate of drug-likeness (QED) is 0.671. The number of Topliss-reactive ketones (excluding diaryl/α,β-unsaturated/α-hetero) is 1. The van der Waals surface area contributed by atoms with Crippen LogP contribution >= 0.6 is 0 Å². The van der Waals surface area contributed by atoms with Crippen LogP contribution in [0.4, 0.5) is 0 Å². The summed E-state index contributed by atoms with van der Waals surface area (Å²) in [6, 6.07) is 0. The van der Waals surface area contributed by atoms with Crippen LogP contribution in [-0.2, 0) is 4.79 Å². The van der Waals surface area contributed by atoms with Crippen molar-refractivity contribution >= 4 is 5.78 Å². The smallest absolute Gasteiger partial charge is 0.138 e. The molecular formula is C14H26O. The molecule has 0 spiro atoms. The number of hydrogen-bond donors (Lipinski definition) is 0. The van der Waals surface area contributed by atoms with Gasteiger partial charge >= 0.3 is 0 Å². The highest BCUT2D eigenvalue weighted by atomic mass is 16.1. The van der Waals surface area contributed by atoms with Crippen molar-refractivity contribution in [1.82, 2.24) is 0 Å². The van der Waals surface area contributed by atoms with Gasteiger partial charge in [-0.25, -0.2) is 0 Å². The first-order valence-corrected chi connectivity index (χ1v) is 6.37. The van der Waals surface area contributed by atoms with Gasteiger partial charge in [0.05, 0.1) is 0 Å². The van der Waals surface area contributed by atoms with Crippen LogP contribution in [0.25, 0.3) is 0 Å². The fourth-order valence-corrected chi connectivity index (χ4v) is 2.94. The Labute approximate surface area is 94.6 Å². The molecule has 1 nitrogen and oxygen atoms in total. The summed E-state index contributed by atoms with van der Waals surface area (Å²) in [5.74, 6) is 1.63. The van der Waals surface area contributed by atoms with Crippen LogP contribution in [0.1, 0.15) is 60.3 Å². The second-order valence-electron chi connectivity index (χ2n) is 6.42. The Hall–Kier alpha value is -0.330. The van der Waals surface area contributed by atoms with E-state index in [-0.39, 0.29) is 11.3 Å². The van der Waals surface area contributed by atoms with Gasteiger partial charge in [0.15, 0.2) is 0 Å². The van der Waals surface area contributed by atoms with Gasteiger partial charge < -0.3 is 0 Å². The Morgan fingerprint density at radius 1 is 1.13 bits per heavy atom. The van der Waals surface area contributed by atoms with Crippen LogP contribution in [0.2, 0.25) is 0 Å². The highest BCUT2D eigenvalue weighted by Crippen LogP contribution is 2.42. The number of ketones is 1. The number of rotatable bonds is 2. The molecule has 0 radical (unpaired) electrons. The Bertz CT molecular complexity index is 222. The van der Waals surface area contributed by atoms with Crippen molar-refractivity contribution in [1.29, 1.82) is 0 Å². The van der Waals surface area contributed by atoms with Gasteiger partial charge in [-0.15, -0.1) is 0 Å². The molecule has 2 atom stereocenters. The first-order chi connectivity index (χ1) is 6.84. The molecule has 15 heavy (non-hydrogen) atoms. The fraction of sp³-hybridized carbons (Fsp3) is 0.929. The van der Waals surface area contributed by atoms with Crippen molar-refractivity contribution in [3.05, 3.63) is 0 Å². The molecule has 1 saturated carbocycles. The van der Waals surface area contributed by atoms with E-state index in [2.05, 4.69) is 20.8 Å². The maximum absolute atomic E-state index is 12.2. The zero-order valence-corrected chi connectivity index (χ0v) is 11.0. The van der Waals surface area contributed by atoms with Crippen LogP contribution in [0.5, 0.6) is 0 Å². The van der Waals surface area contributed by atoms with Crippen molar-refractivity contribution in [3.8, 4) is 0 Å². The molecular weight excluding hydrogens is 184 g/mol. The molecule has 1 aliphatic rings. The van der Waals surface area contributed by atoms with Crippen molar-refractivity contribution in [2.45, 2.75) is 60.3 Å². The minimum atomic E-state index is 0.206. The minimum absolute atomic E-state index is 0.206. The molecule has 0 bridgehead atoms. The van der Waals surface area contributed by atoms with Crippen LogP contribution < -0.4 is 0 Å². The average molecular weight is 210 g/mol. The molecule has 1 rings (SSSR count). The normalized spacial score (nSPS) is 28.1. The maximum Gasteiger partial charge on any atom is 0.138 e. The van der Waals surface area contributed by atoms with Crippen molar-refractivity contribution < 1.29 is 4.79 Å². The average Bonchev–Trinajstić information content (AvgIpc) is 2.15. The molecule has 0 aromatic heterocycles. The Balaban J connectivity index is 2.79. The van der Waals surface area contributed by atoms with Crippen LogP contribution in [0.3, 0.4) is 0 Å². The molecule has 2 unspecified atom stereocenters. The lowest BCUT2D eigenvalue weighted by Crippen LogP contribution is -2.37. The molecule has 0 heterocycles. The molecule has 1 heteroatoms. The number of carbonyl (C=O) groups is 1. The lowest BCUT2D eigenvalue weighted by Gasteiger charge is -2.40. The van der Waals surface area contributed by atoms with Gasteiger partial charge in [-0.1, -0.05) is 47.5 Å². The molecule has 0 aromatic rings. The van der Waals surface area contributed by atoms with Crippen molar-refractivity contribution in [3.63, 3.8) is 0 Å². The van der Waals surface area contributed by atoms with E-state index in [1.165, 1.54) is 19.3 Å². The van der Waals surface area contributed by atoms with Gasteiger partial charge in [0.2, 0.25) is 0 Å². The number of hydrogen-bond acceptors (Lipinski definition) is 1. The van der Waals surface area contributed by atoms with E-state index in [1.807, 2.05) is 13.8 Å². The van der Waals surface area contributed by atoms with Gasteiger partial charge in [-0.2, -0.15) is 0 Å². The summed E-state index contributed by atoms with van der Waals surface area (Å²) in [6.45, 7) is 10.9. The monoisotopic (exact) mass is 210 g/mol. The second kappa shape index (κ2) is 4.67. The molecule has 0 N–H and O–H groups in total. The molecule has 0 aliphatic heterocycles. The molecule has 1 fully saturated rings. The Morgan fingerprint density at radius 2 is 1.67 bits per heavy atom. The van der Waals surface area contributed by atoms with Gasteiger partial charge in [0.1, 0.15) is 5.78 Å². The predicted octanol–water partition coefficient (Wildman–Crippen LogP) is 4.06. The third-order valence-electron chi connectivity index (χ3n) is 3.81. The predicted molar refractivity (Wildman–Crippen MR) is 64.7 cm³/mol. The Morgan fingerprint density at radius 3 is 2.13 bits per heavy atom. The summed E-state index contributed by atoms with van der Waals surface area (Å²) in [5, 5.41) is 0. The third kappa shape index (κ3) is 3.06. The van der Waals surface area contributed by atoms with Gasteiger partial charge in [0.25, 0.3) is 0 Å². The summed E-state index contributed by atoms with van der Waals surface area (Å²) in [7, 11) is 0. The second-order valence-corrected chi connectivity index (χ2v) is 6.42. The maximum atomic E-state index is 12.2. The SMILES string of the molecule is CC(C)C(=O)C1CCCCC1C(C)(C)C. The highest BCUT2D eigenvalue weighted by Gasteiger charge is 2.38. The fourth-order valence-electron chi connectivity index (χ4n) is 2.94. The number of carbonyl (C=O) groups excluding carboxylic acids is 1. The Kier molecular flexibility index (Phi) is 3.97. The summed E-state index contributed by atoms with van der Waals surface area (Å²) in [5.41, 5.74) is 0.287. The summed E-state index contributed by atoms with van der Waals surface area (Å²) in [6.07, 6.45) is 4.92. The molecule has 88 valence electrons. The molecule has 1 aliphatic carbocycles. The van der Waals surface area contributed by atoms with E-state index in [4.69, 9.17) is 0 Å². The highest BCUT2D eigenvalue weighted by molar-refractivity contribution is 5.83. The molecule has 0 amide bonds. The molecule has 0 saturated heterocycles. The summed E-state index contributed by atoms with van der Waals surface area (Å²) in [4.78, 5) is 12.2. The lowest BCUT2D eigenvalue weighted by molar-refractivity contribution is -0.130. The van der Waals surface area contributed by atoms with Crippen LogP contribution in [0, 0.1) is 23.2 Å². The summed E-state index contributed by atoms with van der Waals surface area (Å²) >= 11 is 0. The van der Waals surface area contributed by atoms with Crippen molar-refractivity contribution in [2.75, 3.05) is 0 Å². The van der Waals surface area contributed by atoms with E-state index >= 15 is 0 Å². The first kappa shape index (κ1) is 12.7. The van der Waals surface area contributed by atoms with Crippen molar-refractivity contribution in [2.24, 2.45) is 23.2 Å². The van der Waals surface area contributed by atoms with Gasteiger partial charge in [-0.05, 0) is 24.2 Å². The standard InChI is InChI=1S/C14H26O/c1-10(2)13(15)11-8-6-7-9-12(11)14(3,4)5/h10-12H,6-9H2,1-5H3. The molecule has 0 aromatic carbocycles. The summed E-state index contributed by atoms with van der Waals surface area (Å²) < 4.78 is 0. The van der Waals surface area contributed by atoms with E-state index < -0.39 is 0 Å².